The number of halogens is 1. The molecular formula is C70H133IO14Si5. The molecule has 524 valence electrons. The summed E-state index contributed by atoms with van der Waals surface area (Å²) < 4.78 is 79.9. The number of Topliss-reactive ketones (excluding diaryl/α,β-unsaturated/α-hetero) is 1. The van der Waals surface area contributed by atoms with Crippen molar-refractivity contribution in [3.8, 4) is 0 Å². The van der Waals surface area contributed by atoms with Gasteiger partial charge in [-0.15, -0.1) is 0 Å². The highest BCUT2D eigenvalue weighted by molar-refractivity contribution is 14.1. The third-order valence-corrected chi connectivity index (χ3v) is 47.2. The number of unbranched alkanes of at least 4 members (excludes halogenated alkanes) is 1. The van der Waals surface area contributed by atoms with E-state index in [0.29, 0.717) is 25.9 Å². The number of allylic oxidation sites excluding steroid dienone is 2. The average Bonchev–Trinajstić information content (AvgIpc) is 0.889. The Morgan fingerprint density at radius 3 is 1.76 bits per heavy atom. The van der Waals surface area contributed by atoms with E-state index in [4.69, 9.17) is 50.6 Å². The number of carbonyl (C=O) groups excluding carboxylic acids is 2. The van der Waals surface area contributed by atoms with Crippen LogP contribution in [0.15, 0.2) is 24.5 Å². The number of carbonyl (C=O) groups is 2. The molecule has 0 amide bonds. The molecule has 0 radical (unpaired) electrons. The highest BCUT2D eigenvalue weighted by atomic mass is 127. The van der Waals surface area contributed by atoms with E-state index in [2.05, 4.69) is 211 Å². The number of hydrogen-bond donors (Lipinski definition) is 1. The number of fused-ring (bicyclic) bond motifs is 2. The monoisotopic (exact) mass is 1460 g/mol. The molecule has 0 aromatic carbocycles. The predicted octanol–water partition coefficient (Wildman–Crippen LogP) is 17.9. The quantitative estimate of drug-likeness (QED) is 0.0138. The fourth-order valence-corrected chi connectivity index (χ4v) is 19.6. The molecule has 5 fully saturated rings. The summed E-state index contributed by atoms with van der Waals surface area (Å²) in [5.74, 6) is -0.0657. The Kier molecular flexibility index (Phi) is 27.8. The molecule has 5 saturated heterocycles. The molecule has 14 nitrogen and oxygen atoms in total. The van der Waals surface area contributed by atoms with Crippen molar-refractivity contribution in [3.63, 3.8) is 0 Å². The Balaban J connectivity index is 1.44. The van der Waals surface area contributed by atoms with E-state index in [1.54, 1.807) is 7.11 Å². The Hall–Kier alpha value is -0.00558. The molecule has 20 heteroatoms. The van der Waals surface area contributed by atoms with Crippen LogP contribution in [0.3, 0.4) is 0 Å². The van der Waals surface area contributed by atoms with Gasteiger partial charge in [0.15, 0.2) is 41.6 Å². The highest BCUT2D eigenvalue weighted by Gasteiger charge is 2.59. The smallest absolute Gasteiger partial charge is 0.193 e. The lowest BCUT2D eigenvalue weighted by Gasteiger charge is -2.56. The standard InChI is InChI=1S/C70H133IO14Si5/c1-47(48(2)73)40-51-35-37-59-70(46-71,81-51)44-52(77-59)32-30-29-31-33-57(83-88(23,24)67(9,10)11)62-64(85-90(27,28)69(15,16)17)63(84-89(25,26)68(12,13)14)61-56(80-62)36-34-50(78-61)41-49(74)42-54-55(38-39-72)79-58(60(54)75-18)43-53(82-87(21,22)66(6,7)8)45-76-86(19,20)65(3,4)5/h31,33,39,47,50-64,73H,2,29-30,32,34-38,40-46H2,1,3-28H3/b33-31+/t47-,50?,51?,52+,53+,54+,55+,56+,57+,58?,59+,60-,61+,62+,63?,64?,70?/m1/s1. The molecule has 5 aliphatic rings. The number of aliphatic hydroxyl groups is 1. The van der Waals surface area contributed by atoms with E-state index in [1.807, 2.05) is 6.92 Å². The summed E-state index contributed by atoms with van der Waals surface area (Å²) in [6.07, 6.45) is 9.61. The normalized spacial score (nSPS) is 31.5. The summed E-state index contributed by atoms with van der Waals surface area (Å²) in [5, 5.41) is 9.73. The molecule has 0 aromatic rings. The van der Waals surface area contributed by atoms with Gasteiger partial charge in [-0.3, -0.25) is 4.79 Å². The van der Waals surface area contributed by atoms with Crippen LogP contribution in [0, 0.1) is 11.8 Å². The molecule has 0 spiro atoms. The van der Waals surface area contributed by atoms with Crippen molar-refractivity contribution < 1.29 is 65.2 Å². The second-order valence-corrected chi connectivity index (χ2v) is 60.3. The summed E-state index contributed by atoms with van der Waals surface area (Å²) in [5.41, 5.74) is -0.309. The van der Waals surface area contributed by atoms with Crippen molar-refractivity contribution in [2.24, 2.45) is 11.8 Å². The number of ketones is 1. The van der Waals surface area contributed by atoms with Gasteiger partial charge in [-0.1, -0.05) is 152 Å². The first-order chi connectivity index (χ1) is 41.0. The topological polar surface area (TPSA) is 156 Å². The number of ether oxygens (including phenoxy) is 6. The van der Waals surface area contributed by atoms with Crippen LogP contribution in [-0.2, 0) is 60.1 Å². The second kappa shape index (κ2) is 31.0. The van der Waals surface area contributed by atoms with Gasteiger partial charge in [-0.2, -0.15) is 0 Å². The van der Waals surface area contributed by atoms with Crippen LogP contribution in [0.2, 0.25) is 90.7 Å². The molecule has 0 bridgehead atoms. The van der Waals surface area contributed by atoms with Crippen molar-refractivity contribution in [1.82, 2.24) is 0 Å². The number of hydrogen-bond acceptors (Lipinski definition) is 14. The minimum atomic E-state index is -2.56. The average molecular weight is 1470 g/mol. The molecule has 5 heterocycles. The van der Waals surface area contributed by atoms with Gasteiger partial charge in [-0.25, -0.2) is 0 Å². The first-order valence-electron chi connectivity index (χ1n) is 34.7. The highest BCUT2D eigenvalue weighted by Crippen LogP contribution is 2.50. The van der Waals surface area contributed by atoms with E-state index in [1.165, 1.54) is 0 Å². The van der Waals surface area contributed by atoms with Crippen molar-refractivity contribution in [2.45, 2.75) is 376 Å². The maximum atomic E-state index is 14.9. The molecule has 0 aromatic heterocycles. The Bertz CT molecular complexity index is 2350. The number of alkyl halides is 1. The van der Waals surface area contributed by atoms with Gasteiger partial charge in [0, 0.05) is 55.5 Å². The molecule has 1 N–H and O–H groups in total. The molecule has 5 rings (SSSR count). The van der Waals surface area contributed by atoms with Crippen molar-refractivity contribution in [3.05, 3.63) is 24.5 Å². The van der Waals surface area contributed by atoms with Crippen molar-refractivity contribution >= 4 is 76.2 Å². The number of aldehydes is 1. The van der Waals surface area contributed by atoms with Gasteiger partial charge in [0.25, 0.3) is 0 Å². The van der Waals surface area contributed by atoms with E-state index >= 15 is 0 Å². The Morgan fingerprint density at radius 1 is 0.667 bits per heavy atom. The van der Waals surface area contributed by atoms with E-state index in [0.717, 1.165) is 55.7 Å². The molecule has 90 heavy (non-hydrogen) atoms. The third-order valence-electron chi connectivity index (χ3n) is 23.5. The predicted molar refractivity (Wildman–Crippen MR) is 388 cm³/mol. The minimum Gasteiger partial charge on any atom is -0.513 e. The first-order valence-corrected chi connectivity index (χ1v) is 50.8. The second-order valence-electron chi connectivity index (χ2n) is 35.7. The zero-order valence-electron chi connectivity index (χ0n) is 61.9. The molecular weight excluding hydrogens is 1330 g/mol. The molecule has 0 saturated carbocycles. The van der Waals surface area contributed by atoms with E-state index < -0.39 is 96.5 Å². The molecule has 0 aliphatic carbocycles. The van der Waals surface area contributed by atoms with E-state index in [9.17, 15) is 14.7 Å². The van der Waals surface area contributed by atoms with Gasteiger partial charge in [-0.05, 0) is 142 Å². The van der Waals surface area contributed by atoms with Crippen LogP contribution in [0.1, 0.15) is 194 Å². The zero-order valence-corrected chi connectivity index (χ0v) is 69.1. The number of aliphatic hydroxyl groups excluding tert-OH is 1. The fourth-order valence-electron chi connectivity index (χ4n) is 12.4. The Morgan fingerprint density at radius 2 is 1.22 bits per heavy atom. The van der Waals surface area contributed by atoms with Crippen LogP contribution in [0.5, 0.6) is 0 Å². The first kappa shape index (κ1) is 80.7. The van der Waals surface area contributed by atoms with Crippen LogP contribution in [-0.4, -0.2) is 168 Å². The summed E-state index contributed by atoms with van der Waals surface area (Å²) in [6.45, 7) is 63.4. The van der Waals surface area contributed by atoms with Gasteiger partial charge in [0.2, 0.25) is 0 Å². The van der Waals surface area contributed by atoms with Crippen molar-refractivity contribution in [1.29, 1.82) is 0 Å². The van der Waals surface area contributed by atoms with Gasteiger partial charge in [0.1, 0.15) is 42.1 Å². The zero-order chi connectivity index (χ0) is 68.4. The largest absolute Gasteiger partial charge is 0.513 e. The maximum absolute atomic E-state index is 14.9. The summed E-state index contributed by atoms with van der Waals surface area (Å²) >= 11 is 2.48. The lowest BCUT2D eigenvalue weighted by atomic mass is 9.85. The lowest BCUT2D eigenvalue weighted by Crippen LogP contribution is -2.69. The number of rotatable bonds is 30. The molecule has 5 aliphatic heterocycles. The molecule has 6 unspecified atom stereocenters. The summed E-state index contributed by atoms with van der Waals surface area (Å²) in [4.78, 5) is 27.3. The van der Waals surface area contributed by atoms with Crippen LogP contribution >= 0.6 is 22.6 Å². The third kappa shape index (κ3) is 20.3. The van der Waals surface area contributed by atoms with Gasteiger partial charge >= 0.3 is 0 Å². The summed E-state index contributed by atoms with van der Waals surface area (Å²) in [7, 11) is -10.3. The summed E-state index contributed by atoms with van der Waals surface area (Å²) in [6, 6.07) is 0. The number of methoxy groups -OCH3 is 1. The SMILES string of the molecule is C=C(O)[C@H](C)CC1CC[C@@H]2O[C@@H](CCC/C=C/[C@H](O[Si](C)(C)C(C)(C)C)[C@@H]3O[C@H]4CCC(CC(=O)C[C@H]5[C@H](CC=O)OC(C[C@@H](CO[Si](C)(C)C(C)(C)C)O[Si](C)(C)C(C)(C)C)[C@@H]5OC)O[C@@H]4C(O[Si](C)(C)C(C)(C)C)C3O[Si](C)(C)C(C)(C)C)CC2(CI)O1. The van der Waals surface area contributed by atoms with Crippen molar-refractivity contribution in [2.75, 3.05) is 18.1 Å². The lowest BCUT2D eigenvalue weighted by molar-refractivity contribution is -0.266. The maximum Gasteiger partial charge on any atom is 0.193 e. The molecule has 17 atom stereocenters. The van der Waals surface area contributed by atoms with Gasteiger partial charge in [0.05, 0.1) is 73.4 Å². The van der Waals surface area contributed by atoms with Gasteiger partial charge < -0.3 is 60.5 Å². The van der Waals surface area contributed by atoms with Crippen LogP contribution in [0.4, 0.5) is 0 Å². The Labute approximate surface area is 568 Å². The van der Waals surface area contributed by atoms with Crippen LogP contribution < -0.4 is 0 Å². The van der Waals surface area contributed by atoms with Crippen LogP contribution in [0.25, 0.3) is 0 Å². The minimum absolute atomic E-state index is 0.00549. The fraction of sp³-hybridized carbons (Fsp3) is 0.914. The van der Waals surface area contributed by atoms with E-state index in [-0.39, 0.29) is 104 Å².